The van der Waals surface area contributed by atoms with E-state index in [2.05, 4.69) is 4.98 Å². The minimum atomic E-state index is -1.11. The summed E-state index contributed by atoms with van der Waals surface area (Å²) in [6, 6.07) is 4.50. The molecule has 0 radical (unpaired) electrons. The van der Waals surface area contributed by atoms with Crippen LogP contribution in [0.15, 0.2) is 30.5 Å². The Bertz CT molecular complexity index is 1140. The third kappa shape index (κ3) is 19.6. The topological polar surface area (TPSA) is 338 Å². The number of carbonyl (C=O) groups is 5. The number of nitrogens with one attached hydrogen (secondary N) is 1. The average Bonchev–Trinajstić information content (AvgIpc) is 3.34. The van der Waals surface area contributed by atoms with Crippen LogP contribution in [0.3, 0.4) is 0 Å². The number of rotatable bonds is 14. The molecular formula is C27H47N7O9. The zero-order valence-electron chi connectivity index (χ0n) is 24.5. The molecule has 0 bridgehead atoms. The number of unbranched alkanes of at least 4 members (excludes halogenated alkanes) is 1. The number of benzene rings is 1. The van der Waals surface area contributed by atoms with Gasteiger partial charge in [-0.05, 0) is 43.4 Å². The van der Waals surface area contributed by atoms with Gasteiger partial charge >= 0.3 is 23.9 Å². The van der Waals surface area contributed by atoms with Crippen LogP contribution in [-0.4, -0.2) is 85.9 Å². The summed E-state index contributed by atoms with van der Waals surface area (Å²) in [5.41, 5.74) is 32.8. The maximum Gasteiger partial charge on any atom is 0.320 e. The minimum Gasteiger partial charge on any atom is -0.480 e. The van der Waals surface area contributed by atoms with Crippen LogP contribution in [0.4, 0.5) is 0 Å². The summed E-state index contributed by atoms with van der Waals surface area (Å²) in [4.78, 5) is 54.0. The molecule has 244 valence electrons. The van der Waals surface area contributed by atoms with Gasteiger partial charge in [0.25, 0.3) is 0 Å². The molecule has 0 unspecified atom stereocenters. The monoisotopic (exact) mass is 613 g/mol. The number of primary amides is 1. The SMILES string of the molecule is CC(C)[C@H](N)C(=O)O.NC(=O)CC[C@H](N)C(=O)O.NCCCC[C@H](N)C(=O)O.N[C@@H](Cc1c[nH]c2ccccc12)C(=O)O. The summed E-state index contributed by atoms with van der Waals surface area (Å²) in [6.07, 6.45) is 4.45. The number of H-pyrrole nitrogens is 1. The fraction of sp³-hybridized carbons (Fsp3) is 0.519. The zero-order valence-corrected chi connectivity index (χ0v) is 24.5. The van der Waals surface area contributed by atoms with E-state index in [0.717, 1.165) is 29.3 Å². The molecule has 2 aromatic rings. The molecule has 0 fully saturated rings. The summed E-state index contributed by atoms with van der Waals surface area (Å²) in [5, 5.41) is 34.5. The number of aliphatic carboxylic acids is 4. The molecular weight excluding hydrogens is 566 g/mol. The summed E-state index contributed by atoms with van der Waals surface area (Å²) in [7, 11) is 0. The molecule has 43 heavy (non-hydrogen) atoms. The standard InChI is InChI=1S/C11H12N2O2.C6H14N2O2.C5H10N2O3.C5H11NO2/c12-9(11(14)15)5-7-6-13-10-4-2-1-3-8(7)10;7-4-2-1-3-5(8)6(9)10;6-3(5(9)10)1-2-4(7)8;1-3(2)4(6)5(7)8/h1-4,6,9,13H,5,12H2,(H,14,15);5H,1-4,7-8H2,(H,9,10);3H,1-2,6H2,(H2,7,8)(H,9,10);3-4H,6H2,1-2H3,(H,7,8)/t9-;5-;3-;4-/m0000/s1. The number of carbonyl (C=O) groups excluding carboxylic acids is 1. The van der Waals surface area contributed by atoms with Gasteiger partial charge in [-0.2, -0.15) is 0 Å². The minimum absolute atomic E-state index is 0.0208. The Morgan fingerprint density at radius 1 is 0.767 bits per heavy atom. The lowest BCUT2D eigenvalue weighted by Gasteiger charge is -2.07. The van der Waals surface area contributed by atoms with Gasteiger partial charge in [0.2, 0.25) is 5.91 Å². The number of hydrogen-bond donors (Lipinski definition) is 11. The highest BCUT2D eigenvalue weighted by atomic mass is 16.4. The van der Waals surface area contributed by atoms with Gasteiger partial charge in [-0.1, -0.05) is 38.5 Å². The van der Waals surface area contributed by atoms with E-state index in [-0.39, 0.29) is 18.8 Å². The maximum absolute atomic E-state index is 10.6. The summed E-state index contributed by atoms with van der Waals surface area (Å²) < 4.78 is 0. The number of carboxylic acid groups (broad SMARTS) is 4. The van der Waals surface area contributed by atoms with Gasteiger partial charge in [0, 0.05) is 29.9 Å². The van der Waals surface area contributed by atoms with Crippen molar-refractivity contribution in [3.8, 4) is 0 Å². The Morgan fingerprint density at radius 3 is 1.70 bits per heavy atom. The number of amides is 1. The first kappa shape index (κ1) is 41.0. The third-order valence-corrected chi connectivity index (χ3v) is 5.74. The normalized spacial score (nSPS) is 13.0. The number of aromatic nitrogens is 1. The number of nitrogens with two attached hydrogens (primary N) is 6. The quantitative estimate of drug-likeness (QED) is 0.118. The number of fused-ring (bicyclic) bond motifs is 1. The van der Waals surface area contributed by atoms with E-state index < -0.39 is 54.0 Å². The largest absolute Gasteiger partial charge is 0.480 e. The van der Waals surface area contributed by atoms with Gasteiger partial charge < -0.3 is 59.8 Å². The van der Waals surface area contributed by atoms with Gasteiger partial charge in [0.1, 0.15) is 24.2 Å². The molecule has 0 aliphatic heterocycles. The van der Waals surface area contributed by atoms with Crippen molar-refractivity contribution in [1.82, 2.24) is 4.98 Å². The predicted octanol–water partition coefficient (Wildman–Crippen LogP) is -0.632. The molecule has 0 aliphatic carbocycles. The van der Waals surface area contributed by atoms with Crippen LogP contribution >= 0.6 is 0 Å². The van der Waals surface area contributed by atoms with Crippen LogP contribution in [0, 0.1) is 5.92 Å². The van der Waals surface area contributed by atoms with Crippen molar-refractivity contribution in [1.29, 1.82) is 0 Å². The lowest BCUT2D eigenvalue weighted by molar-refractivity contribution is -0.140. The van der Waals surface area contributed by atoms with Crippen LogP contribution in [0.5, 0.6) is 0 Å². The highest BCUT2D eigenvalue weighted by Gasteiger charge is 2.15. The highest BCUT2D eigenvalue weighted by Crippen LogP contribution is 2.18. The Hall–Kier alpha value is -4.09. The van der Waals surface area contributed by atoms with E-state index in [4.69, 9.17) is 54.8 Å². The van der Waals surface area contributed by atoms with Gasteiger partial charge in [-0.25, -0.2) is 0 Å². The summed E-state index contributed by atoms with van der Waals surface area (Å²) >= 11 is 0. The molecule has 1 heterocycles. The van der Waals surface area contributed by atoms with Crippen molar-refractivity contribution in [2.45, 2.75) is 76.5 Å². The van der Waals surface area contributed by atoms with Gasteiger partial charge in [-0.3, -0.25) is 24.0 Å². The first-order valence-corrected chi connectivity index (χ1v) is 13.4. The molecule has 0 spiro atoms. The van der Waals surface area contributed by atoms with Crippen molar-refractivity contribution < 1.29 is 44.4 Å². The van der Waals surface area contributed by atoms with E-state index in [1.807, 2.05) is 30.5 Å². The highest BCUT2D eigenvalue weighted by molar-refractivity contribution is 5.84. The summed E-state index contributed by atoms with van der Waals surface area (Å²) in [6.45, 7) is 4.16. The van der Waals surface area contributed by atoms with Crippen molar-refractivity contribution in [2.24, 2.45) is 40.3 Å². The number of para-hydroxylation sites is 1. The molecule has 1 amide bonds. The van der Waals surface area contributed by atoms with E-state index >= 15 is 0 Å². The van der Waals surface area contributed by atoms with E-state index in [0.29, 0.717) is 19.4 Å². The number of aromatic amines is 1. The molecule has 2 rings (SSSR count). The van der Waals surface area contributed by atoms with Crippen LogP contribution < -0.4 is 34.4 Å². The predicted molar refractivity (Wildman–Crippen MR) is 161 cm³/mol. The molecule has 0 saturated carbocycles. The van der Waals surface area contributed by atoms with Gasteiger partial charge in [-0.15, -0.1) is 0 Å². The van der Waals surface area contributed by atoms with E-state index in [9.17, 15) is 24.0 Å². The lowest BCUT2D eigenvalue weighted by atomic mass is 10.1. The smallest absolute Gasteiger partial charge is 0.320 e. The van der Waals surface area contributed by atoms with Crippen molar-refractivity contribution >= 4 is 40.7 Å². The maximum atomic E-state index is 10.6. The first-order valence-electron chi connectivity index (χ1n) is 13.4. The van der Waals surface area contributed by atoms with Crippen molar-refractivity contribution in [2.75, 3.05) is 6.54 Å². The average molecular weight is 614 g/mol. The second-order valence-electron chi connectivity index (χ2n) is 9.80. The second kappa shape index (κ2) is 22.5. The number of hydrogen-bond acceptors (Lipinski definition) is 10. The third-order valence-electron chi connectivity index (χ3n) is 5.74. The molecule has 16 heteroatoms. The van der Waals surface area contributed by atoms with Crippen LogP contribution in [0.1, 0.15) is 51.5 Å². The van der Waals surface area contributed by atoms with E-state index in [1.54, 1.807) is 13.8 Å². The second-order valence-corrected chi connectivity index (χ2v) is 9.80. The molecule has 1 aromatic heterocycles. The molecule has 4 atom stereocenters. The Labute approximate surface area is 249 Å². The molecule has 0 saturated heterocycles. The van der Waals surface area contributed by atoms with E-state index in [1.165, 1.54) is 0 Å². The van der Waals surface area contributed by atoms with Gasteiger partial charge in [0.15, 0.2) is 0 Å². The van der Waals surface area contributed by atoms with Crippen LogP contribution in [0.2, 0.25) is 0 Å². The van der Waals surface area contributed by atoms with Crippen LogP contribution in [0.25, 0.3) is 10.9 Å². The fourth-order valence-corrected chi connectivity index (χ4v) is 2.96. The Balaban J connectivity index is 0. The molecule has 16 nitrogen and oxygen atoms in total. The lowest BCUT2D eigenvalue weighted by Crippen LogP contribution is -2.34. The molecule has 17 N–H and O–H groups in total. The Morgan fingerprint density at radius 2 is 1.28 bits per heavy atom. The Kier molecular flexibility index (Phi) is 21.5. The zero-order chi connectivity index (χ0) is 33.7. The number of carboxylic acids is 4. The fourth-order valence-electron chi connectivity index (χ4n) is 2.96. The summed E-state index contributed by atoms with van der Waals surface area (Å²) in [5.74, 6) is -4.46. The first-order chi connectivity index (χ1) is 20.0. The van der Waals surface area contributed by atoms with Crippen LogP contribution in [-0.2, 0) is 30.4 Å². The van der Waals surface area contributed by atoms with Crippen molar-refractivity contribution in [3.63, 3.8) is 0 Å². The van der Waals surface area contributed by atoms with Crippen molar-refractivity contribution in [3.05, 3.63) is 36.0 Å². The van der Waals surface area contributed by atoms with Gasteiger partial charge in [0.05, 0.1) is 0 Å². The molecule has 0 aliphatic rings. The molecule has 1 aromatic carbocycles.